The highest BCUT2D eigenvalue weighted by molar-refractivity contribution is 6.21. The van der Waals surface area contributed by atoms with Crippen molar-refractivity contribution in [3.8, 4) is 17.2 Å². The maximum atomic E-state index is 12.6. The number of aliphatic hydroxyl groups excluding tert-OH is 1. The third kappa shape index (κ3) is 8.64. The Kier molecular flexibility index (Phi) is 11.0. The van der Waals surface area contributed by atoms with Gasteiger partial charge in [0.15, 0.2) is 0 Å². The van der Waals surface area contributed by atoms with E-state index in [4.69, 9.17) is 23.8 Å². The Labute approximate surface area is 217 Å². The lowest BCUT2D eigenvalue weighted by molar-refractivity contribution is -0.133. The highest BCUT2D eigenvalue weighted by Crippen LogP contribution is 2.27. The van der Waals surface area contributed by atoms with E-state index < -0.39 is 12.1 Å². The molecule has 8 nitrogen and oxygen atoms in total. The predicted molar refractivity (Wildman–Crippen MR) is 141 cm³/mol. The summed E-state index contributed by atoms with van der Waals surface area (Å²) in [6, 6.07) is 23.8. The van der Waals surface area contributed by atoms with Crippen LogP contribution in [0.3, 0.4) is 0 Å². The van der Waals surface area contributed by atoms with E-state index in [2.05, 4.69) is 0 Å². The molecule has 0 aliphatic heterocycles. The molecule has 1 atom stereocenters. The van der Waals surface area contributed by atoms with Crippen LogP contribution in [0.4, 0.5) is 0 Å². The highest BCUT2D eigenvalue weighted by Gasteiger charge is 2.17. The second kappa shape index (κ2) is 14.6. The molecule has 0 heterocycles. The van der Waals surface area contributed by atoms with Gasteiger partial charge >= 0.3 is 5.97 Å². The predicted octanol–water partition coefficient (Wildman–Crippen LogP) is 4.09. The summed E-state index contributed by atoms with van der Waals surface area (Å²) in [7, 11) is 4.53. The van der Waals surface area contributed by atoms with Crippen LogP contribution in [0.2, 0.25) is 0 Å². The molecule has 0 amide bonds. The van der Waals surface area contributed by atoms with Gasteiger partial charge in [0.25, 0.3) is 0 Å². The van der Waals surface area contributed by atoms with Crippen LogP contribution in [0.25, 0.3) is 11.6 Å². The van der Waals surface area contributed by atoms with Gasteiger partial charge in [0.05, 0.1) is 39.5 Å². The van der Waals surface area contributed by atoms with Crippen molar-refractivity contribution in [3.63, 3.8) is 0 Å². The molecular weight excluding hydrogens is 474 g/mol. The normalized spacial score (nSPS) is 12.2. The van der Waals surface area contributed by atoms with Crippen molar-refractivity contribution in [1.82, 2.24) is 5.06 Å². The van der Waals surface area contributed by atoms with Crippen LogP contribution in [0.15, 0.2) is 78.9 Å². The van der Waals surface area contributed by atoms with Crippen molar-refractivity contribution in [1.29, 1.82) is 0 Å². The molecule has 0 aliphatic rings. The van der Waals surface area contributed by atoms with Crippen molar-refractivity contribution in [2.24, 2.45) is 0 Å². The number of benzene rings is 3. The molecule has 37 heavy (non-hydrogen) atoms. The average molecular weight is 508 g/mol. The number of hydrogen-bond donors (Lipinski definition) is 1. The van der Waals surface area contributed by atoms with Gasteiger partial charge in [-0.2, -0.15) is 0 Å². The first-order valence-electron chi connectivity index (χ1n) is 11.8. The largest absolute Gasteiger partial charge is 0.497 e. The van der Waals surface area contributed by atoms with Crippen LogP contribution in [0, 0.1) is 0 Å². The first-order chi connectivity index (χ1) is 18.0. The Morgan fingerprint density at radius 3 is 2.30 bits per heavy atom. The van der Waals surface area contributed by atoms with Crippen molar-refractivity contribution < 1.29 is 33.7 Å². The van der Waals surface area contributed by atoms with Gasteiger partial charge in [-0.25, -0.2) is 4.79 Å². The summed E-state index contributed by atoms with van der Waals surface area (Å²) in [5.74, 6) is 1.38. The summed E-state index contributed by atoms with van der Waals surface area (Å²) in [4.78, 5) is 18.5. The zero-order valence-electron chi connectivity index (χ0n) is 21.3. The molecule has 0 bridgehead atoms. The van der Waals surface area contributed by atoms with Gasteiger partial charge in [-0.15, -0.1) is 5.06 Å². The molecule has 0 spiro atoms. The van der Waals surface area contributed by atoms with Crippen LogP contribution >= 0.6 is 0 Å². The van der Waals surface area contributed by atoms with E-state index in [1.54, 1.807) is 55.7 Å². The minimum Gasteiger partial charge on any atom is -0.497 e. The zero-order valence-corrected chi connectivity index (χ0v) is 21.3. The van der Waals surface area contributed by atoms with Gasteiger partial charge < -0.3 is 28.9 Å². The van der Waals surface area contributed by atoms with Crippen LogP contribution in [-0.2, 0) is 14.3 Å². The molecule has 0 aliphatic carbocycles. The van der Waals surface area contributed by atoms with Gasteiger partial charge in [-0.05, 0) is 42.0 Å². The lowest BCUT2D eigenvalue weighted by Crippen LogP contribution is -2.39. The van der Waals surface area contributed by atoms with Gasteiger partial charge in [-0.3, -0.25) is 0 Å². The number of esters is 1. The van der Waals surface area contributed by atoms with Gasteiger partial charge in [0.1, 0.15) is 30.0 Å². The molecule has 1 unspecified atom stereocenters. The standard InChI is InChI=1S/C29H33NO7/c1-33-18-17-30(37-26-10-5-4-6-11-26)20-24(31)21-36-28-12-8-7-9-23(28)19-27(29(32)35-3)22-13-15-25(34-2)16-14-22/h4-16,19,24,31H,17-18,20-21H2,1-3H3/b27-19+. The van der Waals surface area contributed by atoms with Crippen molar-refractivity contribution in [2.45, 2.75) is 6.10 Å². The maximum Gasteiger partial charge on any atom is 0.338 e. The zero-order chi connectivity index (χ0) is 26.5. The quantitative estimate of drug-likeness (QED) is 0.151. The van der Waals surface area contributed by atoms with E-state index >= 15 is 0 Å². The van der Waals surface area contributed by atoms with Crippen LogP contribution in [0.1, 0.15) is 11.1 Å². The Morgan fingerprint density at radius 1 is 0.919 bits per heavy atom. The molecule has 3 rings (SSSR count). The Morgan fingerprint density at radius 2 is 1.62 bits per heavy atom. The van der Waals surface area contributed by atoms with E-state index in [0.717, 1.165) is 0 Å². The Bertz CT molecular complexity index is 1130. The van der Waals surface area contributed by atoms with E-state index in [0.29, 0.717) is 47.1 Å². The lowest BCUT2D eigenvalue weighted by atomic mass is 10.0. The van der Waals surface area contributed by atoms with E-state index in [1.165, 1.54) is 7.11 Å². The summed E-state index contributed by atoms with van der Waals surface area (Å²) in [6.45, 7) is 1.12. The third-order valence-corrected chi connectivity index (χ3v) is 5.39. The SMILES string of the molecule is COCCN(CC(O)COc1ccccc1/C=C(/C(=O)OC)c1ccc(OC)cc1)Oc1ccccc1. The van der Waals surface area contributed by atoms with Gasteiger partial charge in [-0.1, -0.05) is 48.5 Å². The summed E-state index contributed by atoms with van der Waals surface area (Å²) >= 11 is 0. The third-order valence-electron chi connectivity index (χ3n) is 5.39. The molecule has 0 saturated heterocycles. The Hall–Kier alpha value is -3.85. The molecule has 196 valence electrons. The number of carbonyl (C=O) groups excluding carboxylic acids is 1. The number of hydrogen-bond acceptors (Lipinski definition) is 8. The number of para-hydroxylation sites is 2. The molecule has 3 aromatic rings. The van der Waals surface area contributed by atoms with Crippen molar-refractivity contribution in [3.05, 3.63) is 90.0 Å². The van der Waals surface area contributed by atoms with Crippen molar-refractivity contribution >= 4 is 17.6 Å². The van der Waals surface area contributed by atoms with Crippen molar-refractivity contribution in [2.75, 3.05) is 47.6 Å². The average Bonchev–Trinajstić information content (AvgIpc) is 2.94. The van der Waals surface area contributed by atoms with Crippen LogP contribution in [0.5, 0.6) is 17.2 Å². The fraction of sp³-hybridized carbons (Fsp3) is 0.276. The topological polar surface area (TPSA) is 86.7 Å². The summed E-state index contributed by atoms with van der Waals surface area (Å²) < 4.78 is 21.3. The summed E-state index contributed by atoms with van der Waals surface area (Å²) in [5, 5.41) is 12.3. The van der Waals surface area contributed by atoms with Crippen LogP contribution in [-0.4, -0.2) is 69.9 Å². The maximum absolute atomic E-state index is 12.6. The van der Waals surface area contributed by atoms with Gasteiger partial charge in [0.2, 0.25) is 0 Å². The number of nitrogens with zero attached hydrogens (tertiary/aromatic N) is 1. The number of rotatable bonds is 14. The fourth-order valence-electron chi connectivity index (χ4n) is 3.50. The minimum absolute atomic E-state index is 0.0164. The molecule has 8 heteroatoms. The second-order valence-corrected chi connectivity index (χ2v) is 8.07. The molecule has 1 N–H and O–H groups in total. The summed E-state index contributed by atoms with van der Waals surface area (Å²) in [5.41, 5.74) is 1.71. The minimum atomic E-state index is -0.848. The highest BCUT2D eigenvalue weighted by atomic mass is 16.7. The number of methoxy groups -OCH3 is 3. The second-order valence-electron chi connectivity index (χ2n) is 8.07. The monoisotopic (exact) mass is 507 g/mol. The van der Waals surface area contributed by atoms with E-state index in [-0.39, 0.29) is 13.2 Å². The van der Waals surface area contributed by atoms with E-state index in [1.807, 2.05) is 48.5 Å². The Balaban J connectivity index is 1.72. The smallest absolute Gasteiger partial charge is 0.338 e. The number of carbonyl (C=O) groups is 1. The molecule has 3 aromatic carbocycles. The number of hydroxylamine groups is 2. The van der Waals surface area contributed by atoms with Crippen LogP contribution < -0.4 is 14.3 Å². The first-order valence-corrected chi connectivity index (χ1v) is 11.8. The molecule has 0 aromatic heterocycles. The van der Waals surface area contributed by atoms with Gasteiger partial charge in [0, 0.05) is 12.7 Å². The summed E-state index contributed by atoms with van der Waals surface area (Å²) in [6.07, 6.45) is 0.859. The molecule has 0 saturated carbocycles. The molecular formula is C29H33NO7. The van der Waals surface area contributed by atoms with E-state index in [9.17, 15) is 9.90 Å². The molecule has 0 fully saturated rings. The first kappa shape index (κ1) is 27.7. The number of aliphatic hydroxyl groups is 1. The fourth-order valence-corrected chi connectivity index (χ4v) is 3.50. The lowest BCUT2D eigenvalue weighted by Gasteiger charge is -2.25. The molecule has 0 radical (unpaired) electrons. The number of ether oxygens (including phenoxy) is 4.